The highest BCUT2D eigenvalue weighted by atomic mass is 16.1. The van der Waals surface area contributed by atoms with E-state index in [-0.39, 0.29) is 11.3 Å². The maximum absolute atomic E-state index is 11.6. The van der Waals surface area contributed by atoms with E-state index in [1.165, 1.54) is 19.3 Å². The molecule has 0 amide bonds. The summed E-state index contributed by atoms with van der Waals surface area (Å²) in [4.78, 5) is 11.6. The number of Topliss-reactive ketones (excluding diaryl/α,β-unsaturated/α-hetero) is 1. The second-order valence-corrected chi connectivity index (χ2v) is 4.70. The van der Waals surface area contributed by atoms with E-state index in [4.69, 9.17) is 12.2 Å². The topological polar surface area (TPSA) is 43.1 Å². The van der Waals surface area contributed by atoms with Crippen molar-refractivity contribution in [1.82, 2.24) is 0 Å². The summed E-state index contributed by atoms with van der Waals surface area (Å²) in [6, 6.07) is 0. The van der Waals surface area contributed by atoms with Crippen LogP contribution in [-0.4, -0.2) is 11.3 Å². The lowest BCUT2D eigenvalue weighted by molar-refractivity contribution is -0.120. The first kappa shape index (κ1) is 12.3. The molecule has 1 fully saturated rings. The Labute approximate surface area is 92.6 Å². The molecule has 1 aliphatic rings. The molecule has 15 heavy (non-hydrogen) atoms. The quantitative estimate of drug-likeness (QED) is 0.555. The van der Waals surface area contributed by atoms with Gasteiger partial charge in [0.1, 0.15) is 5.78 Å². The van der Waals surface area contributed by atoms with E-state index in [0.717, 1.165) is 19.3 Å². The van der Waals surface area contributed by atoms with Crippen molar-refractivity contribution in [2.75, 3.05) is 0 Å². The minimum absolute atomic E-state index is 0.203. The molecule has 2 N–H and O–H groups in total. The number of carbonyl (C=O) groups excluding carboxylic acids is 1. The van der Waals surface area contributed by atoms with Gasteiger partial charge >= 0.3 is 0 Å². The van der Waals surface area contributed by atoms with Gasteiger partial charge in [-0.05, 0) is 19.3 Å². The Bertz CT molecular complexity index is 246. The van der Waals surface area contributed by atoms with Crippen LogP contribution in [0.1, 0.15) is 57.8 Å². The zero-order chi connectivity index (χ0) is 11.1. The van der Waals surface area contributed by atoms with E-state index in [2.05, 4.69) is 5.92 Å². The highest BCUT2D eigenvalue weighted by molar-refractivity contribution is 5.79. The fraction of sp³-hybridized carbons (Fsp3) is 0.769. The van der Waals surface area contributed by atoms with E-state index in [0.29, 0.717) is 19.3 Å². The largest absolute Gasteiger partial charge is 0.325 e. The highest BCUT2D eigenvalue weighted by Crippen LogP contribution is 2.29. The van der Waals surface area contributed by atoms with Crippen LogP contribution in [0.3, 0.4) is 0 Å². The molecule has 0 heterocycles. The molecule has 1 saturated carbocycles. The number of terminal acetylenes is 1. The average molecular weight is 207 g/mol. The molecule has 84 valence electrons. The average Bonchev–Trinajstić information content (AvgIpc) is 2.18. The van der Waals surface area contributed by atoms with Gasteiger partial charge in [-0.2, -0.15) is 0 Å². The van der Waals surface area contributed by atoms with Crippen molar-refractivity contribution < 1.29 is 4.79 Å². The summed E-state index contributed by atoms with van der Waals surface area (Å²) in [6.45, 7) is 0. The molecule has 0 radical (unpaired) electrons. The molecule has 1 rings (SSSR count). The Morgan fingerprint density at radius 1 is 1.33 bits per heavy atom. The zero-order valence-electron chi connectivity index (χ0n) is 9.43. The first-order valence-corrected chi connectivity index (χ1v) is 5.90. The number of carbonyl (C=O) groups is 1. The molecule has 0 aromatic rings. The third kappa shape index (κ3) is 4.48. The van der Waals surface area contributed by atoms with Crippen LogP contribution < -0.4 is 5.73 Å². The Morgan fingerprint density at radius 2 is 2.00 bits per heavy atom. The van der Waals surface area contributed by atoms with Gasteiger partial charge in [0.15, 0.2) is 0 Å². The second kappa shape index (κ2) is 5.92. The molecule has 1 aliphatic carbocycles. The molecule has 2 nitrogen and oxygen atoms in total. The van der Waals surface area contributed by atoms with Gasteiger partial charge in [0.25, 0.3) is 0 Å². The molecule has 0 aromatic heterocycles. The number of unbranched alkanes of at least 4 members (excludes halogenated alkanes) is 1. The number of hydrogen-bond acceptors (Lipinski definition) is 2. The predicted octanol–water partition coefficient (Wildman–Crippen LogP) is 2.41. The molecule has 2 heteroatoms. The lowest BCUT2D eigenvalue weighted by Crippen LogP contribution is -2.43. The van der Waals surface area contributed by atoms with E-state index >= 15 is 0 Å². The molecular weight excluding hydrogens is 186 g/mol. The Morgan fingerprint density at radius 3 is 2.60 bits per heavy atom. The summed E-state index contributed by atoms with van der Waals surface area (Å²) in [5.41, 5.74) is 6.00. The molecule has 0 spiro atoms. The summed E-state index contributed by atoms with van der Waals surface area (Å²) in [5.74, 6) is 2.84. The van der Waals surface area contributed by atoms with Gasteiger partial charge in [0.2, 0.25) is 0 Å². The summed E-state index contributed by atoms with van der Waals surface area (Å²) in [6.07, 6.45) is 13.4. The van der Waals surface area contributed by atoms with Crippen LogP contribution in [0.15, 0.2) is 0 Å². The van der Waals surface area contributed by atoms with Gasteiger partial charge in [0.05, 0.1) is 0 Å². The fourth-order valence-corrected chi connectivity index (χ4v) is 2.30. The SMILES string of the molecule is C#CCCCC(=O)CC1(N)CCCCC1. The number of rotatable bonds is 5. The molecule has 0 aliphatic heterocycles. The third-order valence-electron chi connectivity index (χ3n) is 3.18. The van der Waals surface area contributed by atoms with Crippen LogP contribution in [0.25, 0.3) is 0 Å². The van der Waals surface area contributed by atoms with Gasteiger partial charge in [0, 0.05) is 24.8 Å². The lowest BCUT2D eigenvalue weighted by atomic mass is 9.78. The van der Waals surface area contributed by atoms with Crippen molar-refractivity contribution in [3.8, 4) is 12.3 Å². The van der Waals surface area contributed by atoms with Crippen molar-refractivity contribution in [3.05, 3.63) is 0 Å². The monoisotopic (exact) mass is 207 g/mol. The standard InChI is InChI=1S/C13H21NO/c1-2-3-5-8-12(15)11-13(14)9-6-4-7-10-13/h1H,3-11,14H2. The molecule has 0 aromatic carbocycles. The predicted molar refractivity (Wildman–Crippen MR) is 62.3 cm³/mol. The van der Waals surface area contributed by atoms with E-state index in [9.17, 15) is 4.79 Å². The van der Waals surface area contributed by atoms with Crippen LogP contribution in [-0.2, 0) is 4.79 Å². The first-order chi connectivity index (χ1) is 7.16. The molecule has 0 saturated heterocycles. The van der Waals surface area contributed by atoms with Crippen molar-refractivity contribution in [3.63, 3.8) is 0 Å². The van der Waals surface area contributed by atoms with E-state index < -0.39 is 0 Å². The Hall–Kier alpha value is -0.810. The summed E-state index contributed by atoms with van der Waals surface area (Å²) in [7, 11) is 0. The molecular formula is C13H21NO. The van der Waals surface area contributed by atoms with Crippen LogP contribution >= 0.6 is 0 Å². The summed E-state index contributed by atoms with van der Waals surface area (Å²) < 4.78 is 0. The van der Waals surface area contributed by atoms with E-state index in [1.54, 1.807) is 0 Å². The highest BCUT2D eigenvalue weighted by Gasteiger charge is 2.29. The van der Waals surface area contributed by atoms with Gasteiger partial charge < -0.3 is 5.73 Å². The maximum atomic E-state index is 11.6. The third-order valence-corrected chi connectivity index (χ3v) is 3.18. The fourth-order valence-electron chi connectivity index (χ4n) is 2.30. The van der Waals surface area contributed by atoms with Crippen LogP contribution in [0.2, 0.25) is 0 Å². The van der Waals surface area contributed by atoms with E-state index in [1.807, 2.05) is 0 Å². The van der Waals surface area contributed by atoms with Crippen molar-refractivity contribution in [2.24, 2.45) is 5.73 Å². The molecule has 0 bridgehead atoms. The van der Waals surface area contributed by atoms with Crippen LogP contribution in [0.5, 0.6) is 0 Å². The maximum Gasteiger partial charge on any atom is 0.134 e. The Kier molecular flexibility index (Phi) is 4.84. The van der Waals surface area contributed by atoms with Gasteiger partial charge in [-0.25, -0.2) is 0 Å². The minimum atomic E-state index is -0.203. The smallest absolute Gasteiger partial charge is 0.134 e. The Balaban J connectivity index is 2.26. The summed E-state index contributed by atoms with van der Waals surface area (Å²) in [5, 5.41) is 0. The van der Waals surface area contributed by atoms with Crippen molar-refractivity contribution in [1.29, 1.82) is 0 Å². The van der Waals surface area contributed by atoms with Gasteiger partial charge in [-0.1, -0.05) is 19.3 Å². The van der Waals surface area contributed by atoms with Gasteiger partial charge in [-0.3, -0.25) is 4.79 Å². The minimum Gasteiger partial charge on any atom is -0.325 e. The number of hydrogen-bond donors (Lipinski definition) is 1. The first-order valence-electron chi connectivity index (χ1n) is 5.90. The number of nitrogens with two attached hydrogens (primary N) is 1. The summed E-state index contributed by atoms with van der Waals surface area (Å²) >= 11 is 0. The zero-order valence-corrected chi connectivity index (χ0v) is 9.43. The number of ketones is 1. The molecule has 0 atom stereocenters. The van der Waals surface area contributed by atoms with Gasteiger partial charge in [-0.15, -0.1) is 12.3 Å². The van der Waals surface area contributed by atoms with Crippen LogP contribution in [0.4, 0.5) is 0 Å². The van der Waals surface area contributed by atoms with Crippen molar-refractivity contribution in [2.45, 2.75) is 63.3 Å². The normalized spacial score (nSPS) is 19.5. The molecule has 0 unspecified atom stereocenters. The second-order valence-electron chi connectivity index (χ2n) is 4.70. The van der Waals surface area contributed by atoms with Crippen molar-refractivity contribution >= 4 is 5.78 Å². The van der Waals surface area contributed by atoms with Crippen LogP contribution in [0, 0.1) is 12.3 Å². The lowest BCUT2D eigenvalue weighted by Gasteiger charge is -2.32.